The minimum absolute atomic E-state index is 0.237. The summed E-state index contributed by atoms with van der Waals surface area (Å²) in [5.74, 6) is -0.458. The molecule has 0 spiro atoms. The van der Waals surface area contributed by atoms with Gasteiger partial charge in [0, 0.05) is 11.1 Å². The predicted molar refractivity (Wildman–Crippen MR) is 155 cm³/mol. The summed E-state index contributed by atoms with van der Waals surface area (Å²) in [6.07, 6.45) is 7.58. The predicted octanol–water partition coefficient (Wildman–Crippen LogP) is 7.83. The maximum absolute atomic E-state index is 12.9. The standard InChI is InChI=1S/C32H52N2O6/c1-11-29(7)21-19-23(5)31(9,13-3)33(29)39-37-27(35)25-15-17-26(18-16-25)28(36)38-40-34-30(8,12-2)22-20-24(6)32(34,10)14-4/h15-18,23-24H,11-14,19-22H2,1-10H3. The van der Waals surface area contributed by atoms with Crippen molar-refractivity contribution in [3.05, 3.63) is 35.4 Å². The molecule has 2 aliphatic heterocycles. The second kappa shape index (κ2) is 12.5. The van der Waals surface area contributed by atoms with Crippen LogP contribution < -0.4 is 0 Å². The van der Waals surface area contributed by atoms with Crippen molar-refractivity contribution in [1.29, 1.82) is 0 Å². The normalized spacial score (nSPS) is 35.4. The summed E-state index contributed by atoms with van der Waals surface area (Å²) in [6, 6.07) is 6.14. The van der Waals surface area contributed by atoms with E-state index in [4.69, 9.17) is 19.8 Å². The van der Waals surface area contributed by atoms with Gasteiger partial charge in [-0.25, -0.2) is 9.59 Å². The van der Waals surface area contributed by atoms with Gasteiger partial charge in [0.15, 0.2) is 0 Å². The molecule has 6 unspecified atom stereocenters. The third kappa shape index (κ3) is 5.96. The number of hydrogen-bond acceptors (Lipinski definition) is 8. The first-order chi connectivity index (χ1) is 18.7. The minimum atomic E-state index is -0.619. The molecule has 0 aliphatic carbocycles. The van der Waals surface area contributed by atoms with E-state index in [0.717, 1.165) is 51.4 Å². The highest BCUT2D eigenvalue weighted by atomic mass is 17.3. The van der Waals surface area contributed by atoms with Gasteiger partial charge in [-0.2, -0.15) is 0 Å². The lowest BCUT2D eigenvalue weighted by atomic mass is 9.71. The van der Waals surface area contributed by atoms with E-state index in [9.17, 15) is 9.59 Å². The Morgan fingerprint density at radius 3 is 1.27 bits per heavy atom. The highest BCUT2D eigenvalue weighted by Crippen LogP contribution is 2.47. The third-order valence-corrected chi connectivity index (χ3v) is 10.9. The molecular formula is C32H52N2O6. The molecular weight excluding hydrogens is 508 g/mol. The molecule has 2 aliphatic rings. The molecule has 2 saturated heterocycles. The summed E-state index contributed by atoms with van der Waals surface area (Å²) in [7, 11) is 0. The van der Waals surface area contributed by atoms with Crippen molar-refractivity contribution < 1.29 is 29.3 Å². The molecule has 226 valence electrons. The van der Waals surface area contributed by atoms with Crippen LogP contribution in [0.5, 0.6) is 0 Å². The Morgan fingerprint density at radius 1 is 0.675 bits per heavy atom. The van der Waals surface area contributed by atoms with Crippen LogP contribution in [0.4, 0.5) is 0 Å². The number of carbonyl (C=O) groups is 2. The second-order valence-corrected chi connectivity index (χ2v) is 13.1. The van der Waals surface area contributed by atoms with Crippen LogP contribution in [0.3, 0.4) is 0 Å². The van der Waals surface area contributed by atoms with E-state index >= 15 is 0 Å². The molecule has 8 heteroatoms. The van der Waals surface area contributed by atoms with Crippen LogP contribution >= 0.6 is 0 Å². The number of nitrogens with zero attached hydrogens (tertiary/aromatic N) is 2. The van der Waals surface area contributed by atoms with E-state index < -0.39 is 11.9 Å². The fourth-order valence-electron chi connectivity index (χ4n) is 6.47. The van der Waals surface area contributed by atoms with Gasteiger partial charge in [0.2, 0.25) is 0 Å². The minimum Gasteiger partial charge on any atom is -0.274 e. The van der Waals surface area contributed by atoms with E-state index in [0.29, 0.717) is 11.8 Å². The van der Waals surface area contributed by atoms with E-state index in [1.165, 1.54) is 24.3 Å². The number of rotatable bonds is 10. The summed E-state index contributed by atoms with van der Waals surface area (Å²) in [4.78, 5) is 48.1. The van der Waals surface area contributed by atoms with Gasteiger partial charge in [-0.3, -0.25) is 9.78 Å². The summed E-state index contributed by atoms with van der Waals surface area (Å²) in [6.45, 7) is 21.6. The monoisotopic (exact) mass is 560 g/mol. The number of piperidine rings is 2. The van der Waals surface area contributed by atoms with Crippen molar-refractivity contribution >= 4 is 11.9 Å². The van der Waals surface area contributed by atoms with Gasteiger partial charge in [-0.05, 0) is 115 Å². The Kier molecular flexibility index (Phi) is 10.1. The summed E-state index contributed by atoms with van der Waals surface area (Å²) in [5.41, 5.74) is -0.435. The van der Waals surface area contributed by atoms with Crippen LogP contribution in [-0.4, -0.2) is 44.2 Å². The molecule has 0 bridgehead atoms. The molecule has 1 aromatic rings. The number of hydrogen-bond donors (Lipinski definition) is 0. The zero-order valence-corrected chi connectivity index (χ0v) is 26.5. The first-order valence-electron chi connectivity index (χ1n) is 15.2. The van der Waals surface area contributed by atoms with Gasteiger partial charge < -0.3 is 0 Å². The average Bonchev–Trinajstić information content (AvgIpc) is 2.96. The molecule has 0 saturated carbocycles. The SMILES string of the molecule is CCC1(C)CCC(C)C(C)(CC)N1OOC(=O)c1ccc(C(=O)OON2C(C)(CC)CCC(C)C2(C)CC)cc1. The van der Waals surface area contributed by atoms with E-state index in [-0.39, 0.29) is 33.3 Å². The van der Waals surface area contributed by atoms with Gasteiger partial charge >= 0.3 is 11.9 Å². The average molecular weight is 561 g/mol. The molecule has 1 aromatic carbocycles. The van der Waals surface area contributed by atoms with Gasteiger partial charge in [-0.1, -0.05) is 51.5 Å². The molecule has 0 N–H and O–H groups in total. The van der Waals surface area contributed by atoms with Crippen LogP contribution in [0, 0.1) is 11.8 Å². The van der Waals surface area contributed by atoms with Crippen molar-refractivity contribution in [2.75, 3.05) is 0 Å². The lowest BCUT2D eigenvalue weighted by Crippen LogP contribution is -2.63. The van der Waals surface area contributed by atoms with Gasteiger partial charge in [0.1, 0.15) is 0 Å². The fraction of sp³-hybridized carbons (Fsp3) is 0.750. The molecule has 0 radical (unpaired) electrons. The summed E-state index contributed by atoms with van der Waals surface area (Å²) >= 11 is 0. The zero-order chi connectivity index (χ0) is 29.9. The highest BCUT2D eigenvalue weighted by molar-refractivity contribution is 5.92. The molecule has 0 amide bonds. The molecule has 8 nitrogen and oxygen atoms in total. The smallest absolute Gasteiger partial charge is 0.274 e. The number of benzene rings is 1. The second-order valence-electron chi connectivity index (χ2n) is 13.1. The largest absolute Gasteiger partial charge is 0.375 e. The molecule has 2 heterocycles. The number of carbonyl (C=O) groups excluding carboxylic acids is 2. The van der Waals surface area contributed by atoms with Gasteiger partial charge in [-0.15, -0.1) is 10.1 Å². The molecule has 0 aromatic heterocycles. The van der Waals surface area contributed by atoms with E-state index in [1.807, 2.05) is 10.1 Å². The molecule has 6 atom stereocenters. The quantitative estimate of drug-likeness (QED) is 0.212. The fourth-order valence-corrected chi connectivity index (χ4v) is 6.47. The third-order valence-electron chi connectivity index (χ3n) is 10.9. The van der Waals surface area contributed by atoms with E-state index in [2.05, 4.69) is 69.2 Å². The van der Waals surface area contributed by atoms with E-state index in [1.54, 1.807) is 0 Å². The maximum atomic E-state index is 12.9. The molecule has 3 rings (SSSR count). The summed E-state index contributed by atoms with van der Waals surface area (Å²) < 4.78 is 0. The Labute approximate surface area is 241 Å². The van der Waals surface area contributed by atoms with Gasteiger partial charge in [0.25, 0.3) is 0 Å². The van der Waals surface area contributed by atoms with Crippen LogP contribution in [0.1, 0.15) is 141 Å². The Hall–Kier alpha value is -2.00. The van der Waals surface area contributed by atoms with Crippen molar-refractivity contribution in [1.82, 2.24) is 10.1 Å². The molecule has 40 heavy (non-hydrogen) atoms. The first kappa shape index (κ1) is 32.5. The first-order valence-corrected chi connectivity index (χ1v) is 15.2. The van der Waals surface area contributed by atoms with Crippen LogP contribution in [0.25, 0.3) is 0 Å². The van der Waals surface area contributed by atoms with Crippen molar-refractivity contribution in [2.24, 2.45) is 11.8 Å². The van der Waals surface area contributed by atoms with Crippen molar-refractivity contribution in [3.8, 4) is 0 Å². The lowest BCUT2D eigenvalue weighted by molar-refractivity contribution is -0.454. The topological polar surface area (TPSA) is 77.5 Å². The highest BCUT2D eigenvalue weighted by Gasteiger charge is 2.52. The Balaban J connectivity index is 1.66. The van der Waals surface area contributed by atoms with Crippen LogP contribution in [0.15, 0.2) is 24.3 Å². The van der Waals surface area contributed by atoms with Crippen molar-refractivity contribution in [3.63, 3.8) is 0 Å². The molecule has 2 fully saturated rings. The zero-order valence-electron chi connectivity index (χ0n) is 26.5. The van der Waals surface area contributed by atoms with Crippen LogP contribution in [-0.2, 0) is 19.8 Å². The Bertz CT molecular complexity index is 952. The number of hydroxylamine groups is 4. The lowest BCUT2D eigenvalue weighted by Gasteiger charge is -2.55. The Morgan fingerprint density at radius 2 is 1.00 bits per heavy atom. The van der Waals surface area contributed by atoms with Crippen LogP contribution in [0.2, 0.25) is 0 Å². The van der Waals surface area contributed by atoms with Crippen molar-refractivity contribution in [2.45, 2.75) is 143 Å². The van der Waals surface area contributed by atoms with Gasteiger partial charge in [0.05, 0.1) is 22.2 Å². The summed E-state index contributed by atoms with van der Waals surface area (Å²) in [5, 5.41) is 3.79. The maximum Gasteiger partial charge on any atom is 0.375 e.